The Morgan fingerprint density at radius 3 is 1.85 bits per heavy atom. The van der Waals surface area contributed by atoms with Gasteiger partial charge in [0.1, 0.15) is 0 Å². The third-order valence-corrected chi connectivity index (χ3v) is 8.04. The normalized spacial score (nSPS) is 17.5. The van der Waals surface area contributed by atoms with Crippen LogP contribution in [0.4, 0.5) is 0 Å². The van der Waals surface area contributed by atoms with Gasteiger partial charge in [0.25, 0.3) is 0 Å². The smallest absolute Gasteiger partial charge is 0.240 e. The number of hydrogen-bond donors (Lipinski definition) is 1. The van der Waals surface area contributed by atoms with Crippen molar-refractivity contribution in [2.24, 2.45) is 0 Å². The van der Waals surface area contributed by atoms with E-state index < -0.39 is 10.0 Å². The van der Waals surface area contributed by atoms with E-state index in [1.165, 1.54) is 5.56 Å². The number of benzene rings is 3. The second kappa shape index (κ2) is 10.6. The summed E-state index contributed by atoms with van der Waals surface area (Å²) in [6, 6.07) is 28.2. The summed E-state index contributed by atoms with van der Waals surface area (Å²) in [4.78, 5) is 5.22. The van der Waals surface area contributed by atoms with Gasteiger partial charge in [-0.1, -0.05) is 78.4 Å². The number of rotatable bonds is 8. The monoisotopic (exact) mass is 463 g/mol. The zero-order valence-corrected chi connectivity index (χ0v) is 20.2. The molecule has 33 heavy (non-hydrogen) atoms. The molecular weight excluding hydrogens is 430 g/mol. The summed E-state index contributed by atoms with van der Waals surface area (Å²) in [5, 5.41) is 0. The van der Waals surface area contributed by atoms with Crippen LogP contribution in [0.25, 0.3) is 0 Å². The van der Waals surface area contributed by atoms with Crippen molar-refractivity contribution < 1.29 is 8.42 Å². The van der Waals surface area contributed by atoms with E-state index in [-0.39, 0.29) is 6.04 Å². The highest BCUT2D eigenvalue weighted by atomic mass is 32.2. The number of aryl methyl sites for hydroxylation is 1. The summed E-state index contributed by atoms with van der Waals surface area (Å²) in [5.74, 6) is 0. The molecule has 1 N–H and O–H groups in total. The molecule has 0 spiro atoms. The Morgan fingerprint density at radius 1 is 0.758 bits per heavy atom. The largest absolute Gasteiger partial charge is 0.294 e. The zero-order valence-electron chi connectivity index (χ0n) is 19.4. The molecule has 0 aromatic heterocycles. The molecule has 0 amide bonds. The lowest BCUT2D eigenvalue weighted by Gasteiger charge is -2.41. The highest BCUT2D eigenvalue weighted by Gasteiger charge is 2.28. The fourth-order valence-corrected chi connectivity index (χ4v) is 5.54. The molecule has 2 unspecified atom stereocenters. The third kappa shape index (κ3) is 5.89. The Hall–Kier alpha value is -2.51. The van der Waals surface area contributed by atoms with Crippen molar-refractivity contribution in [3.63, 3.8) is 0 Å². The average molecular weight is 464 g/mol. The van der Waals surface area contributed by atoms with Crippen molar-refractivity contribution in [1.29, 1.82) is 0 Å². The molecule has 3 aromatic rings. The van der Waals surface area contributed by atoms with Crippen LogP contribution >= 0.6 is 0 Å². The Kier molecular flexibility index (Phi) is 7.60. The van der Waals surface area contributed by atoms with Gasteiger partial charge in [-0.2, -0.15) is 0 Å². The van der Waals surface area contributed by atoms with Crippen LogP contribution in [0.3, 0.4) is 0 Å². The van der Waals surface area contributed by atoms with Crippen molar-refractivity contribution in [3.05, 3.63) is 102 Å². The van der Waals surface area contributed by atoms with E-state index in [1.54, 1.807) is 12.1 Å². The fraction of sp³-hybridized carbons (Fsp3) is 0.333. The molecule has 0 radical (unpaired) electrons. The van der Waals surface area contributed by atoms with Gasteiger partial charge in [-0.3, -0.25) is 9.80 Å². The number of sulfonamides is 1. The first kappa shape index (κ1) is 23.6. The molecule has 4 rings (SSSR count). The first-order valence-corrected chi connectivity index (χ1v) is 13.1. The van der Waals surface area contributed by atoms with Gasteiger partial charge in [-0.05, 0) is 37.1 Å². The second-order valence-corrected chi connectivity index (χ2v) is 10.5. The molecule has 1 fully saturated rings. The molecule has 3 aromatic carbocycles. The number of piperazine rings is 1. The fourth-order valence-electron chi connectivity index (χ4n) is 4.50. The highest BCUT2D eigenvalue weighted by Crippen LogP contribution is 2.26. The first-order valence-electron chi connectivity index (χ1n) is 11.6. The number of nitrogens with zero attached hydrogens (tertiary/aromatic N) is 2. The van der Waals surface area contributed by atoms with Crippen LogP contribution in [0, 0.1) is 6.92 Å². The van der Waals surface area contributed by atoms with Gasteiger partial charge in [0.05, 0.1) is 4.90 Å². The lowest BCUT2D eigenvalue weighted by Crippen LogP contribution is -2.50. The number of hydrogen-bond acceptors (Lipinski definition) is 4. The van der Waals surface area contributed by atoms with Crippen molar-refractivity contribution >= 4 is 10.0 Å². The van der Waals surface area contributed by atoms with Gasteiger partial charge < -0.3 is 0 Å². The molecule has 0 saturated carbocycles. The minimum absolute atomic E-state index is 0.0133. The molecule has 0 aliphatic carbocycles. The van der Waals surface area contributed by atoms with Crippen LogP contribution in [0.5, 0.6) is 0 Å². The summed E-state index contributed by atoms with van der Waals surface area (Å²) in [6.45, 7) is 8.23. The van der Waals surface area contributed by atoms with E-state index in [9.17, 15) is 8.42 Å². The Labute approximate surface area is 198 Å². The minimum Gasteiger partial charge on any atom is -0.294 e. The van der Waals surface area contributed by atoms with E-state index >= 15 is 0 Å². The molecule has 2 atom stereocenters. The van der Waals surface area contributed by atoms with Crippen LogP contribution in [0.2, 0.25) is 0 Å². The maximum absolute atomic E-state index is 12.9. The van der Waals surface area contributed by atoms with Crippen molar-refractivity contribution in [2.45, 2.75) is 30.8 Å². The minimum atomic E-state index is -3.57. The zero-order chi connectivity index (χ0) is 23.3. The topological polar surface area (TPSA) is 52.7 Å². The maximum Gasteiger partial charge on any atom is 0.240 e. The van der Waals surface area contributed by atoms with Gasteiger partial charge >= 0.3 is 0 Å². The molecular formula is C27H33N3O2S. The second-order valence-electron chi connectivity index (χ2n) is 8.75. The van der Waals surface area contributed by atoms with Crippen LogP contribution in [-0.4, -0.2) is 50.9 Å². The Balaban J connectivity index is 1.45. The van der Waals surface area contributed by atoms with E-state index in [1.807, 2.05) is 37.3 Å². The summed E-state index contributed by atoms with van der Waals surface area (Å²) in [7, 11) is -3.57. The average Bonchev–Trinajstić information content (AvgIpc) is 2.85. The number of nitrogens with one attached hydrogen (secondary N) is 1. The van der Waals surface area contributed by atoms with E-state index in [0.717, 1.165) is 37.3 Å². The van der Waals surface area contributed by atoms with E-state index in [2.05, 4.69) is 63.9 Å². The molecule has 1 aliphatic heterocycles. The lowest BCUT2D eigenvalue weighted by atomic mass is 10.0. The summed E-state index contributed by atoms with van der Waals surface area (Å²) in [6.07, 6.45) is 0. The van der Waals surface area contributed by atoms with Crippen LogP contribution in [-0.2, 0) is 10.0 Å². The lowest BCUT2D eigenvalue weighted by molar-refractivity contribution is 0.0742. The molecule has 6 heteroatoms. The Bertz CT molecular complexity index is 1110. The molecule has 0 bridgehead atoms. The van der Waals surface area contributed by atoms with Crippen LogP contribution in [0.15, 0.2) is 89.8 Å². The third-order valence-electron chi connectivity index (χ3n) is 6.60. The Morgan fingerprint density at radius 2 is 1.27 bits per heavy atom. The SMILES string of the molecule is Cc1ccc(S(=O)(=O)NCC(c2ccccc2)N2CCN(C(C)c3ccccc3)CC2)cc1. The maximum atomic E-state index is 12.9. The van der Waals surface area contributed by atoms with Crippen molar-refractivity contribution in [1.82, 2.24) is 14.5 Å². The van der Waals surface area contributed by atoms with Crippen LogP contribution in [0.1, 0.15) is 35.7 Å². The molecule has 1 heterocycles. The van der Waals surface area contributed by atoms with Gasteiger partial charge in [-0.15, -0.1) is 0 Å². The van der Waals surface area contributed by atoms with E-state index in [0.29, 0.717) is 17.5 Å². The molecule has 1 aliphatic rings. The van der Waals surface area contributed by atoms with Gasteiger partial charge in [0.15, 0.2) is 0 Å². The predicted octanol–water partition coefficient (Wildman–Crippen LogP) is 4.39. The predicted molar refractivity (Wildman–Crippen MR) is 134 cm³/mol. The van der Waals surface area contributed by atoms with Gasteiger partial charge in [0, 0.05) is 44.8 Å². The van der Waals surface area contributed by atoms with Crippen molar-refractivity contribution in [2.75, 3.05) is 32.7 Å². The van der Waals surface area contributed by atoms with Gasteiger partial charge in [-0.25, -0.2) is 13.1 Å². The molecule has 174 valence electrons. The molecule has 5 nitrogen and oxygen atoms in total. The first-order chi connectivity index (χ1) is 15.9. The summed E-state index contributed by atoms with van der Waals surface area (Å²) < 4.78 is 28.7. The summed E-state index contributed by atoms with van der Waals surface area (Å²) in [5.41, 5.74) is 3.50. The highest BCUT2D eigenvalue weighted by molar-refractivity contribution is 7.89. The summed E-state index contributed by atoms with van der Waals surface area (Å²) >= 11 is 0. The van der Waals surface area contributed by atoms with E-state index in [4.69, 9.17) is 0 Å². The standard InChI is InChI=1S/C27H33N3O2S/c1-22-13-15-26(16-14-22)33(31,32)28-21-27(25-11-7-4-8-12-25)30-19-17-29(18-20-30)23(2)24-9-5-3-6-10-24/h3-16,23,27-28H,17-21H2,1-2H3. The quantitative estimate of drug-likeness (QED) is 0.538. The van der Waals surface area contributed by atoms with Gasteiger partial charge in [0.2, 0.25) is 10.0 Å². The molecule has 1 saturated heterocycles. The van der Waals surface area contributed by atoms with Crippen molar-refractivity contribution in [3.8, 4) is 0 Å². The van der Waals surface area contributed by atoms with Crippen LogP contribution < -0.4 is 4.72 Å².